The first-order chi connectivity index (χ1) is 5.33. The summed E-state index contributed by atoms with van der Waals surface area (Å²) in [5.41, 5.74) is 0. The molecule has 0 N–H and O–H groups in total. The van der Waals surface area contributed by atoms with Crippen molar-refractivity contribution < 1.29 is 0 Å². The van der Waals surface area contributed by atoms with Crippen LogP contribution < -0.4 is 0 Å². The van der Waals surface area contributed by atoms with Gasteiger partial charge in [0.15, 0.2) is 0 Å². The van der Waals surface area contributed by atoms with Gasteiger partial charge in [-0.2, -0.15) is 0 Å². The van der Waals surface area contributed by atoms with Crippen LogP contribution in [0.25, 0.3) is 0 Å². The third-order valence-corrected chi connectivity index (χ3v) is 4.91. The molecule has 0 aromatic carbocycles. The first kappa shape index (κ1) is 6.82. The molecular formula is C10H15S. The summed E-state index contributed by atoms with van der Waals surface area (Å²) >= 11 is 5.56. The van der Waals surface area contributed by atoms with Crippen molar-refractivity contribution in [3.63, 3.8) is 0 Å². The van der Waals surface area contributed by atoms with Gasteiger partial charge in [-0.25, -0.2) is 0 Å². The Morgan fingerprint density at radius 1 is 0.727 bits per heavy atom. The Labute approximate surface area is 74.2 Å². The minimum atomic E-state index is 0.669. The van der Waals surface area contributed by atoms with Gasteiger partial charge in [-0.3, -0.25) is 0 Å². The fraction of sp³-hybridized carbons (Fsp3) is 1.00. The average Bonchev–Trinajstić information content (AvgIpc) is 1.98. The predicted octanol–water partition coefficient (Wildman–Crippen LogP) is 3.01. The fourth-order valence-electron chi connectivity index (χ4n) is 3.88. The molecule has 0 atom stereocenters. The highest BCUT2D eigenvalue weighted by Crippen LogP contribution is 2.55. The fourth-order valence-corrected chi connectivity index (χ4v) is 4.32. The topological polar surface area (TPSA) is 0 Å². The molecule has 4 aliphatic rings. The van der Waals surface area contributed by atoms with Crippen LogP contribution >= 0.6 is 12.6 Å². The standard InChI is InChI=1S/C10H15S/c11-10-8-2-6-1-7(4-8)5-9(10)3-6/h6-10H,1-5H2. The van der Waals surface area contributed by atoms with E-state index in [1.54, 1.807) is 6.42 Å². The van der Waals surface area contributed by atoms with E-state index in [0.717, 1.165) is 23.7 Å². The van der Waals surface area contributed by atoms with Crippen molar-refractivity contribution >= 4 is 12.6 Å². The smallest absolute Gasteiger partial charge is 0.0208 e. The van der Waals surface area contributed by atoms with Gasteiger partial charge in [0.2, 0.25) is 0 Å². The van der Waals surface area contributed by atoms with Crippen LogP contribution in [0.15, 0.2) is 0 Å². The summed E-state index contributed by atoms with van der Waals surface area (Å²) in [6.45, 7) is 0. The van der Waals surface area contributed by atoms with Crippen molar-refractivity contribution in [1.82, 2.24) is 0 Å². The quantitative estimate of drug-likeness (QED) is 0.520. The molecule has 61 valence electrons. The number of hydrogen-bond acceptors (Lipinski definition) is 0. The van der Waals surface area contributed by atoms with Gasteiger partial charge in [0.1, 0.15) is 0 Å². The predicted molar refractivity (Wildman–Crippen MR) is 48.4 cm³/mol. The lowest BCUT2D eigenvalue weighted by atomic mass is 9.56. The summed E-state index contributed by atoms with van der Waals surface area (Å²) in [5.74, 6) is 4.11. The summed E-state index contributed by atoms with van der Waals surface area (Å²) in [6, 6.07) is 0. The molecule has 4 rings (SSSR count). The molecule has 4 fully saturated rings. The summed E-state index contributed by atoms with van der Waals surface area (Å²) in [5, 5.41) is 0.669. The van der Waals surface area contributed by atoms with Gasteiger partial charge in [0, 0.05) is 5.25 Å². The summed E-state index contributed by atoms with van der Waals surface area (Å²) in [7, 11) is 0. The van der Waals surface area contributed by atoms with E-state index in [1.165, 1.54) is 25.7 Å². The molecule has 0 aliphatic heterocycles. The zero-order valence-corrected chi connectivity index (χ0v) is 7.65. The van der Waals surface area contributed by atoms with Gasteiger partial charge < -0.3 is 0 Å². The number of rotatable bonds is 0. The second kappa shape index (κ2) is 2.18. The van der Waals surface area contributed by atoms with E-state index in [-0.39, 0.29) is 0 Å². The second-order valence-electron chi connectivity index (χ2n) is 4.90. The maximum atomic E-state index is 5.56. The van der Waals surface area contributed by atoms with E-state index >= 15 is 0 Å². The third kappa shape index (κ3) is 0.898. The Morgan fingerprint density at radius 3 is 1.64 bits per heavy atom. The normalized spacial score (nSPS) is 60.3. The molecule has 4 bridgehead atoms. The monoisotopic (exact) mass is 167 g/mol. The maximum absolute atomic E-state index is 5.56. The molecule has 0 nitrogen and oxygen atoms in total. The van der Waals surface area contributed by atoms with E-state index in [4.69, 9.17) is 12.6 Å². The molecule has 1 radical (unpaired) electrons. The Morgan fingerprint density at radius 2 is 1.18 bits per heavy atom. The Balaban J connectivity index is 1.91. The Kier molecular flexibility index (Phi) is 1.36. The van der Waals surface area contributed by atoms with Crippen molar-refractivity contribution in [2.75, 3.05) is 0 Å². The molecule has 0 aromatic heterocycles. The largest absolute Gasteiger partial charge is 0.0898 e. The van der Waals surface area contributed by atoms with Crippen LogP contribution in [0.5, 0.6) is 0 Å². The zero-order valence-electron chi connectivity index (χ0n) is 6.83. The molecule has 0 heterocycles. The van der Waals surface area contributed by atoms with Crippen molar-refractivity contribution in [1.29, 1.82) is 0 Å². The van der Waals surface area contributed by atoms with E-state index in [0.29, 0.717) is 5.25 Å². The van der Waals surface area contributed by atoms with Crippen LogP contribution in [0.1, 0.15) is 32.1 Å². The van der Waals surface area contributed by atoms with Crippen LogP contribution in [0.2, 0.25) is 0 Å². The zero-order chi connectivity index (χ0) is 7.42. The number of hydrogen-bond donors (Lipinski definition) is 0. The Bertz CT molecular complexity index is 148. The summed E-state index contributed by atoms with van der Waals surface area (Å²) < 4.78 is 0. The molecule has 1 heteroatoms. The van der Waals surface area contributed by atoms with Gasteiger partial charge in [-0.15, -0.1) is 0 Å². The minimum absolute atomic E-state index is 0.669. The minimum Gasteiger partial charge on any atom is -0.0898 e. The van der Waals surface area contributed by atoms with Crippen molar-refractivity contribution in [2.45, 2.75) is 37.4 Å². The van der Waals surface area contributed by atoms with Crippen LogP contribution in [0.4, 0.5) is 0 Å². The van der Waals surface area contributed by atoms with E-state index in [9.17, 15) is 0 Å². The lowest BCUT2D eigenvalue weighted by molar-refractivity contribution is 0.0273. The maximum Gasteiger partial charge on any atom is 0.0208 e. The van der Waals surface area contributed by atoms with E-state index < -0.39 is 0 Å². The van der Waals surface area contributed by atoms with E-state index in [1.807, 2.05) is 0 Å². The van der Waals surface area contributed by atoms with Gasteiger partial charge in [-0.05, 0) is 55.8 Å². The summed E-state index contributed by atoms with van der Waals surface area (Å²) in [6.07, 6.45) is 7.50. The molecule has 0 spiro atoms. The van der Waals surface area contributed by atoms with Gasteiger partial charge in [-0.1, -0.05) is 12.6 Å². The third-order valence-electron chi connectivity index (χ3n) is 4.14. The SMILES string of the molecule is [S]C1C2CC3CC(C2)CC1C3. The van der Waals surface area contributed by atoms with Crippen LogP contribution in [0, 0.1) is 23.7 Å². The highest BCUT2D eigenvalue weighted by Gasteiger charge is 2.46. The average molecular weight is 167 g/mol. The lowest BCUT2D eigenvalue weighted by Gasteiger charge is -2.52. The van der Waals surface area contributed by atoms with Gasteiger partial charge >= 0.3 is 0 Å². The Hall–Kier alpha value is 0.350. The molecule has 0 amide bonds. The van der Waals surface area contributed by atoms with Crippen LogP contribution in [0.3, 0.4) is 0 Å². The molecular weight excluding hydrogens is 152 g/mol. The molecule has 4 saturated carbocycles. The molecule has 11 heavy (non-hydrogen) atoms. The molecule has 0 aromatic rings. The highest BCUT2D eigenvalue weighted by atomic mass is 32.1. The van der Waals surface area contributed by atoms with Gasteiger partial charge in [0.05, 0.1) is 0 Å². The first-order valence-electron chi connectivity index (χ1n) is 4.98. The molecule has 0 unspecified atom stereocenters. The highest BCUT2D eigenvalue weighted by molar-refractivity contribution is 7.81. The first-order valence-corrected chi connectivity index (χ1v) is 5.46. The van der Waals surface area contributed by atoms with E-state index in [2.05, 4.69) is 0 Å². The molecule has 4 aliphatic carbocycles. The second-order valence-corrected chi connectivity index (χ2v) is 5.44. The lowest BCUT2D eigenvalue weighted by Crippen LogP contribution is -2.45. The molecule has 0 saturated heterocycles. The van der Waals surface area contributed by atoms with Crippen molar-refractivity contribution in [3.8, 4) is 0 Å². The van der Waals surface area contributed by atoms with Crippen molar-refractivity contribution in [2.24, 2.45) is 23.7 Å². The van der Waals surface area contributed by atoms with Gasteiger partial charge in [0.25, 0.3) is 0 Å². The van der Waals surface area contributed by atoms with Crippen molar-refractivity contribution in [3.05, 3.63) is 0 Å². The van der Waals surface area contributed by atoms with Crippen LogP contribution in [-0.4, -0.2) is 5.25 Å². The summed E-state index contributed by atoms with van der Waals surface area (Å²) in [4.78, 5) is 0. The van der Waals surface area contributed by atoms with Crippen LogP contribution in [-0.2, 0) is 0 Å².